The first-order valence-electron chi connectivity index (χ1n) is 7.84. The largest absolute Gasteiger partial charge is 0.342 e. The van der Waals surface area contributed by atoms with E-state index in [2.05, 4.69) is 37.6 Å². The SMILES string of the molecule is CCCn1cnnc1[C@H](C)NC(=O)c1ccccc1-c1ncn[nH]1. The quantitative estimate of drug-likeness (QED) is 0.721. The number of aryl methyl sites for hydroxylation is 1. The molecule has 0 radical (unpaired) electrons. The monoisotopic (exact) mass is 325 g/mol. The van der Waals surface area contributed by atoms with Gasteiger partial charge < -0.3 is 9.88 Å². The van der Waals surface area contributed by atoms with Crippen molar-refractivity contribution in [3.8, 4) is 11.4 Å². The van der Waals surface area contributed by atoms with Crippen molar-refractivity contribution in [3.63, 3.8) is 0 Å². The first-order valence-corrected chi connectivity index (χ1v) is 7.84. The Morgan fingerprint density at radius 1 is 1.38 bits per heavy atom. The molecule has 1 aromatic carbocycles. The molecule has 1 amide bonds. The summed E-state index contributed by atoms with van der Waals surface area (Å²) in [5.41, 5.74) is 1.23. The summed E-state index contributed by atoms with van der Waals surface area (Å²) in [6, 6.07) is 7.01. The second kappa shape index (κ2) is 7.03. The van der Waals surface area contributed by atoms with Gasteiger partial charge in [0.1, 0.15) is 12.7 Å². The van der Waals surface area contributed by atoms with Crippen molar-refractivity contribution in [2.24, 2.45) is 0 Å². The van der Waals surface area contributed by atoms with Crippen LogP contribution in [0.1, 0.15) is 42.5 Å². The normalized spacial score (nSPS) is 12.1. The van der Waals surface area contributed by atoms with Gasteiger partial charge in [0.15, 0.2) is 11.6 Å². The van der Waals surface area contributed by atoms with E-state index in [1.165, 1.54) is 6.33 Å². The molecule has 8 heteroatoms. The van der Waals surface area contributed by atoms with Crippen LogP contribution >= 0.6 is 0 Å². The summed E-state index contributed by atoms with van der Waals surface area (Å²) < 4.78 is 1.95. The molecule has 0 spiro atoms. The van der Waals surface area contributed by atoms with E-state index in [0.29, 0.717) is 17.0 Å². The fraction of sp³-hybridized carbons (Fsp3) is 0.312. The minimum atomic E-state index is -0.255. The van der Waals surface area contributed by atoms with Crippen molar-refractivity contribution in [2.75, 3.05) is 0 Å². The zero-order valence-corrected chi connectivity index (χ0v) is 13.6. The molecule has 124 valence electrons. The molecule has 0 bridgehead atoms. The van der Waals surface area contributed by atoms with Crippen molar-refractivity contribution in [3.05, 3.63) is 48.3 Å². The van der Waals surface area contributed by atoms with Crippen molar-refractivity contribution < 1.29 is 4.79 Å². The van der Waals surface area contributed by atoms with Crippen LogP contribution in [0, 0.1) is 0 Å². The van der Waals surface area contributed by atoms with E-state index >= 15 is 0 Å². The van der Waals surface area contributed by atoms with Crippen LogP contribution in [0.2, 0.25) is 0 Å². The third-order valence-electron chi connectivity index (χ3n) is 3.69. The average molecular weight is 325 g/mol. The predicted octanol–water partition coefficient (Wildman–Crippen LogP) is 1.96. The molecule has 2 N–H and O–H groups in total. The number of aromatic nitrogens is 6. The van der Waals surface area contributed by atoms with E-state index in [-0.39, 0.29) is 11.9 Å². The minimum absolute atomic E-state index is 0.194. The van der Waals surface area contributed by atoms with Crippen LogP contribution in [0.4, 0.5) is 0 Å². The van der Waals surface area contributed by atoms with Gasteiger partial charge in [-0.15, -0.1) is 10.2 Å². The Balaban J connectivity index is 1.82. The summed E-state index contributed by atoms with van der Waals surface area (Å²) in [5.74, 6) is 1.10. The van der Waals surface area contributed by atoms with E-state index < -0.39 is 0 Å². The molecule has 0 unspecified atom stereocenters. The molecular weight excluding hydrogens is 306 g/mol. The van der Waals surface area contributed by atoms with Crippen LogP contribution in [0.15, 0.2) is 36.9 Å². The van der Waals surface area contributed by atoms with Crippen LogP contribution in [0.25, 0.3) is 11.4 Å². The second-order valence-corrected chi connectivity index (χ2v) is 5.46. The molecule has 0 saturated heterocycles. The fourth-order valence-electron chi connectivity index (χ4n) is 2.57. The number of amides is 1. The van der Waals surface area contributed by atoms with Crippen molar-refractivity contribution in [2.45, 2.75) is 32.9 Å². The summed E-state index contributed by atoms with van der Waals surface area (Å²) in [6.07, 6.45) is 4.07. The highest BCUT2D eigenvalue weighted by molar-refractivity contribution is 6.00. The topological polar surface area (TPSA) is 101 Å². The van der Waals surface area contributed by atoms with E-state index in [1.54, 1.807) is 12.4 Å². The maximum absolute atomic E-state index is 12.7. The minimum Gasteiger partial charge on any atom is -0.342 e. The zero-order chi connectivity index (χ0) is 16.9. The Labute approximate surface area is 139 Å². The number of aromatic amines is 1. The van der Waals surface area contributed by atoms with Gasteiger partial charge in [0.05, 0.1) is 11.6 Å². The van der Waals surface area contributed by atoms with Gasteiger partial charge in [-0.05, 0) is 19.4 Å². The molecule has 3 aromatic rings. The highest BCUT2D eigenvalue weighted by atomic mass is 16.1. The molecule has 0 aliphatic carbocycles. The van der Waals surface area contributed by atoms with Gasteiger partial charge in [0.2, 0.25) is 0 Å². The van der Waals surface area contributed by atoms with E-state index in [4.69, 9.17) is 0 Å². The molecule has 8 nitrogen and oxygen atoms in total. The maximum Gasteiger partial charge on any atom is 0.252 e. The zero-order valence-electron chi connectivity index (χ0n) is 13.6. The lowest BCUT2D eigenvalue weighted by atomic mass is 10.1. The Morgan fingerprint density at radius 2 is 2.21 bits per heavy atom. The fourth-order valence-corrected chi connectivity index (χ4v) is 2.57. The number of rotatable bonds is 6. The third-order valence-corrected chi connectivity index (χ3v) is 3.69. The van der Waals surface area contributed by atoms with Gasteiger partial charge in [0, 0.05) is 12.1 Å². The van der Waals surface area contributed by atoms with Crippen LogP contribution in [-0.2, 0) is 6.54 Å². The van der Waals surface area contributed by atoms with Crippen LogP contribution in [-0.4, -0.2) is 35.9 Å². The Bertz CT molecular complexity index is 809. The van der Waals surface area contributed by atoms with Crippen LogP contribution < -0.4 is 5.32 Å². The number of nitrogens with zero attached hydrogens (tertiary/aromatic N) is 5. The molecule has 24 heavy (non-hydrogen) atoms. The number of carbonyl (C=O) groups is 1. The first-order chi connectivity index (χ1) is 11.7. The summed E-state index contributed by atoms with van der Waals surface area (Å²) in [5, 5.41) is 17.7. The smallest absolute Gasteiger partial charge is 0.252 e. The molecule has 0 saturated carbocycles. The summed E-state index contributed by atoms with van der Waals surface area (Å²) in [7, 11) is 0. The van der Waals surface area contributed by atoms with Crippen molar-refractivity contribution in [1.29, 1.82) is 0 Å². The number of hydrogen-bond acceptors (Lipinski definition) is 5. The van der Waals surface area contributed by atoms with Gasteiger partial charge in [0.25, 0.3) is 5.91 Å². The van der Waals surface area contributed by atoms with Gasteiger partial charge in [-0.2, -0.15) is 5.10 Å². The summed E-state index contributed by atoms with van der Waals surface area (Å²) >= 11 is 0. The predicted molar refractivity (Wildman–Crippen MR) is 88.0 cm³/mol. The number of H-pyrrole nitrogens is 1. The highest BCUT2D eigenvalue weighted by Gasteiger charge is 2.19. The first kappa shape index (κ1) is 15.9. The lowest BCUT2D eigenvalue weighted by molar-refractivity contribution is 0.0938. The molecule has 2 heterocycles. The lowest BCUT2D eigenvalue weighted by Crippen LogP contribution is -2.29. The molecular formula is C16H19N7O. The Hall–Kier alpha value is -3.03. The Kier molecular flexibility index (Phi) is 4.64. The van der Waals surface area contributed by atoms with E-state index in [1.807, 2.05) is 29.7 Å². The molecule has 0 fully saturated rings. The molecule has 0 aliphatic heterocycles. The third kappa shape index (κ3) is 3.17. The lowest BCUT2D eigenvalue weighted by Gasteiger charge is -2.15. The molecule has 2 aromatic heterocycles. The van der Waals surface area contributed by atoms with Gasteiger partial charge in [-0.25, -0.2) is 4.98 Å². The van der Waals surface area contributed by atoms with Gasteiger partial charge in [-0.3, -0.25) is 9.89 Å². The number of benzene rings is 1. The van der Waals surface area contributed by atoms with E-state index in [9.17, 15) is 4.79 Å². The van der Waals surface area contributed by atoms with Gasteiger partial charge >= 0.3 is 0 Å². The van der Waals surface area contributed by atoms with Crippen molar-refractivity contribution in [1.82, 2.24) is 35.3 Å². The molecule has 0 aliphatic rings. The Morgan fingerprint density at radius 3 is 2.96 bits per heavy atom. The molecule has 3 rings (SSSR count). The highest BCUT2D eigenvalue weighted by Crippen LogP contribution is 2.20. The van der Waals surface area contributed by atoms with Gasteiger partial charge in [-0.1, -0.05) is 25.1 Å². The summed E-state index contributed by atoms with van der Waals surface area (Å²) in [6.45, 7) is 4.79. The number of nitrogens with one attached hydrogen (secondary N) is 2. The van der Waals surface area contributed by atoms with E-state index in [0.717, 1.165) is 18.8 Å². The summed E-state index contributed by atoms with van der Waals surface area (Å²) in [4.78, 5) is 16.8. The number of carbonyl (C=O) groups excluding carboxylic acids is 1. The number of hydrogen-bond donors (Lipinski definition) is 2. The van der Waals surface area contributed by atoms with Crippen LogP contribution in [0.3, 0.4) is 0 Å². The van der Waals surface area contributed by atoms with Crippen molar-refractivity contribution >= 4 is 5.91 Å². The standard InChI is InChI=1S/C16H19N7O/c1-3-8-23-10-19-22-15(23)11(2)20-16(24)13-7-5-4-6-12(13)14-17-9-18-21-14/h4-7,9-11H,3,8H2,1-2H3,(H,20,24)(H,17,18,21)/t11-/m0/s1. The molecule has 1 atom stereocenters. The average Bonchev–Trinajstić information content (AvgIpc) is 3.27. The van der Waals surface area contributed by atoms with Crippen LogP contribution in [0.5, 0.6) is 0 Å². The second-order valence-electron chi connectivity index (χ2n) is 5.46. The maximum atomic E-state index is 12.7.